The van der Waals surface area contributed by atoms with Gasteiger partial charge in [0.2, 0.25) is 5.91 Å². The van der Waals surface area contributed by atoms with E-state index in [1.54, 1.807) is 47.4 Å². The van der Waals surface area contributed by atoms with E-state index in [-0.39, 0.29) is 24.3 Å². The van der Waals surface area contributed by atoms with E-state index in [4.69, 9.17) is 4.74 Å². The van der Waals surface area contributed by atoms with E-state index in [1.165, 1.54) is 0 Å². The minimum atomic E-state index is -0.319. The number of hydrogen-bond acceptors (Lipinski definition) is 5. The summed E-state index contributed by atoms with van der Waals surface area (Å²) in [7, 11) is 0. The van der Waals surface area contributed by atoms with Crippen molar-refractivity contribution in [2.75, 3.05) is 17.2 Å². The first-order valence-corrected chi connectivity index (χ1v) is 9.43. The van der Waals surface area contributed by atoms with Gasteiger partial charge in [-0.15, -0.1) is 0 Å². The van der Waals surface area contributed by atoms with Crippen LogP contribution in [0.2, 0.25) is 0 Å². The number of ether oxygens (including phenoxy) is 1. The Labute approximate surface area is 167 Å². The predicted octanol–water partition coefficient (Wildman–Crippen LogP) is 2.69. The molecule has 0 spiro atoms. The molecule has 2 N–H and O–H groups in total. The lowest BCUT2D eigenvalue weighted by Crippen LogP contribution is -2.20. The third kappa shape index (κ3) is 5.41. The van der Waals surface area contributed by atoms with Crippen LogP contribution in [0.25, 0.3) is 0 Å². The molecule has 1 saturated carbocycles. The van der Waals surface area contributed by atoms with Gasteiger partial charge in [-0.25, -0.2) is 0 Å². The third-order valence-corrected chi connectivity index (χ3v) is 4.38. The van der Waals surface area contributed by atoms with Crippen molar-refractivity contribution in [3.8, 4) is 5.75 Å². The Morgan fingerprint density at radius 2 is 2.00 bits per heavy atom. The zero-order chi connectivity index (χ0) is 20.1. The highest BCUT2D eigenvalue weighted by Crippen LogP contribution is 2.30. The van der Waals surface area contributed by atoms with Gasteiger partial charge in [-0.1, -0.05) is 12.1 Å². The van der Waals surface area contributed by atoms with Crippen LogP contribution in [-0.4, -0.2) is 33.2 Å². The fraction of sp³-hybridized carbons (Fsp3) is 0.238. The highest BCUT2D eigenvalue weighted by molar-refractivity contribution is 5.94. The molecule has 3 aromatic rings. The van der Waals surface area contributed by atoms with E-state index in [9.17, 15) is 9.59 Å². The monoisotopic (exact) mass is 391 g/mol. The van der Waals surface area contributed by atoms with E-state index in [1.807, 2.05) is 18.2 Å². The number of aromatic nitrogens is 3. The Morgan fingerprint density at radius 3 is 2.79 bits per heavy atom. The molecule has 1 aliphatic carbocycles. The van der Waals surface area contributed by atoms with E-state index in [2.05, 4.69) is 20.7 Å². The maximum absolute atomic E-state index is 12.1. The van der Waals surface area contributed by atoms with Crippen molar-refractivity contribution >= 4 is 23.3 Å². The average Bonchev–Trinajstić information content (AvgIpc) is 3.49. The molecule has 0 atom stereocenters. The van der Waals surface area contributed by atoms with Gasteiger partial charge in [0.25, 0.3) is 5.91 Å². The van der Waals surface area contributed by atoms with E-state index in [0.717, 1.165) is 18.5 Å². The van der Waals surface area contributed by atoms with Crippen LogP contribution in [-0.2, 0) is 16.1 Å². The van der Waals surface area contributed by atoms with Crippen molar-refractivity contribution in [3.05, 3.63) is 66.6 Å². The van der Waals surface area contributed by atoms with Gasteiger partial charge < -0.3 is 15.4 Å². The number of hydrogen-bond donors (Lipinski definition) is 2. The zero-order valence-electron chi connectivity index (χ0n) is 15.7. The number of carbonyl (C=O) groups excluding carboxylic acids is 2. The lowest BCUT2D eigenvalue weighted by molar-refractivity contribution is -0.118. The Balaban J connectivity index is 1.26. The molecule has 8 nitrogen and oxygen atoms in total. The number of benzene rings is 1. The minimum absolute atomic E-state index is 0.0289. The molecule has 0 saturated heterocycles. The quantitative estimate of drug-likeness (QED) is 0.615. The van der Waals surface area contributed by atoms with Crippen LogP contribution < -0.4 is 15.4 Å². The largest absolute Gasteiger partial charge is 0.484 e. The molecule has 0 aliphatic heterocycles. The van der Waals surface area contributed by atoms with Crippen LogP contribution in [0.4, 0.5) is 11.5 Å². The summed E-state index contributed by atoms with van der Waals surface area (Å²) in [5, 5.41) is 9.87. The van der Waals surface area contributed by atoms with Crippen LogP contribution in [0, 0.1) is 5.92 Å². The van der Waals surface area contributed by atoms with Gasteiger partial charge in [-0.05, 0) is 37.1 Å². The second kappa shape index (κ2) is 8.55. The van der Waals surface area contributed by atoms with Crippen molar-refractivity contribution in [1.29, 1.82) is 0 Å². The van der Waals surface area contributed by atoms with Gasteiger partial charge in [0.1, 0.15) is 5.75 Å². The van der Waals surface area contributed by atoms with Crippen molar-refractivity contribution < 1.29 is 14.3 Å². The van der Waals surface area contributed by atoms with Gasteiger partial charge in [-0.2, -0.15) is 5.10 Å². The molecule has 29 heavy (non-hydrogen) atoms. The predicted molar refractivity (Wildman–Crippen MR) is 107 cm³/mol. The Morgan fingerprint density at radius 1 is 1.10 bits per heavy atom. The molecule has 2 amide bonds. The summed E-state index contributed by atoms with van der Waals surface area (Å²) >= 11 is 0. The Hall–Kier alpha value is -3.68. The summed E-state index contributed by atoms with van der Waals surface area (Å²) in [6.07, 6.45) is 5.39. The number of rotatable bonds is 8. The molecule has 0 radical (unpaired) electrons. The minimum Gasteiger partial charge on any atom is -0.484 e. The lowest BCUT2D eigenvalue weighted by atomic mass is 10.3. The highest BCUT2D eigenvalue weighted by Gasteiger charge is 2.29. The van der Waals surface area contributed by atoms with Crippen molar-refractivity contribution in [2.24, 2.45) is 5.92 Å². The van der Waals surface area contributed by atoms with Crippen LogP contribution in [0.3, 0.4) is 0 Å². The van der Waals surface area contributed by atoms with Gasteiger partial charge in [0, 0.05) is 36.1 Å². The number of carbonyl (C=O) groups is 2. The topological polar surface area (TPSA) is 98.1 Å². The summed E-state index contributed by atoms with van der Waals surface area (Å²) in [6.45, 7) is 0.361. The van der Waals surface area contributed by atoms with E-state index >= 15 is 0 Å². The molecule has 0 bridgehead atoms. The first kappa shape index (κ1) is 18.7. The van der Waals surface area contributed by atoms with Gasteiger partial charge in [-0.3, -0.25) is 19.3 Å². The number of pyridine rings is 1. The van der Waals surface area contributed by atoms with Gasteiger partial charge >= 0.3 is 0 Å². The highest BCUT2D eigenvalue weighted by atomic mass is 16.5. The molecule has 148 valence electrons. The number of amides is 2. The second-order valence-electron chi connectivity index (χ2n) is 6.85. The van der Waals surface area contributed by atoms with Crippen LogP contribution in [0.1, 0.15) is 18.5 Å². The standard InChI is InChI=1S/C21H21N5O3/c27-20(24-19-9-11-26(25-19)13-17-4-1-2-10-22-17)14-29-18-6-3-5-16(12-18)23-21(28)15-7-8-15/h1-6,9-12,15H,7-8,13-14H2,(H,23,28)(H,24,25,27). The molecule has 1 fully saturated rings. The van der Waals surface area contributed by atoms with E-state index in [0.29, 0.717) is 23.8 Å². The fourth-order valence-electron chi connectivity index (χ4n) is 2.76. The van der Waals surface area contributed by atoms with Crippen LogP contribution in [0.15, 0.2) is 60.9 Å². The summed E-state index contributed by atoms with van der Waals surface area (Å²) in [4.78, 5) is 28.2. The smallest absolute Gasteiger partial charge is 0.263 e. The summed E-state index contributed by atoms with van der Waals surface area (Å²) in [6, 6.07) is 14.4. The summed E-state index contributed by atoms with van der Waals surface area (Å²) in [5.41, 5.74) is 1.54. The summed E-state index contributed by atoms with van der Waals surface area (Å²) in [5.74, 6) is 0.791. The van der Waals surface area contributed by atoms with Gasteiger partial charge in [0.05, 0.1) is 12.2 Å². The van der Waals surface area contributed by atoms with E-state index < -0.39 is 0 Å². The first-order valence-electron chi connectivity index (χ1n) is 9.43. The molecule has 8 heteroatoms. The summed E-state index contributed by atoms with van der Waals surface area (Å²) < 4.78 is 7.23. The zero-order valence-corrected chi connectivity index (χ0v) is 15.7. The molecular weight excluding hydrogens is 370 g/mol. The average molecular weight is 391 g/mol. The molecule has 1 aliphatic rings. The van der Waals surface area contributed by atoms with Crippen LogP contribution in [0.5, 0.6) is 5.75 Å². The van der Waals surface area contributed by atoms with Crippen molar-refractivity contribution in [3.63, 3.8) is 0 Å². The normalized spacial score (nSPS) is 13.0. The van der Waals surface area contributed by atoms with Crippen LogP contribution >= 0.6 is 0 Å². The molecule has 2 aromatic heterocycles. The molecular formula is C21H21N5O3. The molecule has 0 unspecified atom stereocenters. The maximum Gasteiger partial charge on any atom is 0.263 e. The Bertz CT molecular complexity index is 998. The lowest BCUT2D eigenvalue weighted by Gasteiger charge is -2.09. The number of anilines is 2. The number of nitrogens with zero attached hydrogens (tertiary/aromatic N) is 3. The van der Waals surface area contributed by atoms with Gasteiger partial charge in [0.15, 0.2) is 12.4 Å². The SMILES string of the molecule is O=C(COc1cccc(NC(=O)C2CC2)c1)Nc1ccn(Cc2ccccn2)n1. The Kier molecular flexibility index (Phi) is 5.51. The third-order valence-electron chi connectivity index (χ3n) is 4.38. The van der Waals surface area contributed by atoms with Crippen molar-refractivity contribution in [2.45, 2.75) is 19.4 Å². The molecule has 4 rings (SSSR count). The molecule has 1 aromatic carbocycles. The maximum atomic E-state index is 12.1. The fourth-order valence-corrected chi connectivity index (χ4v) is 2.76. The second-order valence-corrected chi connectivity index (χ2v) is 6.85. The number of nitrogens with one attached hydrogen (secondary N) is 2. The first-order chi connectivity index (χ1) is 14.2. The molecule has 2 heterocycles. The van der Waals surface area contributed by atoms with Crippen molar-refractivity contribution in [1.82, 2.24) is 14.8 Å².